The van der Waals surface area contributed by atoms with Gasteiger partial charge < -0.3 is 9.47 Å². The Kier molecular flexibility index (Phi) is 5.81. The van der Waals surface area contributed by atoms with Gasteiger partial charge in [-0.1, -0.05) is 24.3 Å². The SMILES string of the molecule is CCOCCCC1(CCOc2ccccc2)C=CC=N1. The Morgan fingerprint density at radius 3 is 2.65 bits per heavy atom. The van der Waals surface area contributed by atoms with Gasteiger partial charge in [-0.15, -0.1) is 0 Å². The van der Waals surface area contributed by atoms with Crippen LogP contribution in [-0.2, 0) is 4.74 Å². The zero-order valence-electron chi connectivity index (χ0n) is 12.1. The maximum absolute atomic E-state index is 5.78. The van der Waals surface area contributed by atoms with Crippen molar-refractivity contribution in [2.24, 2.45) is 4.99 Å². The van der Waals surface area contributed by atoms with Crippen LogP contribution in [0.15, 0.2) is 47.5 Å². The van der Waals surface area contributed by atoms with E-state index in [0.29, 0.717) is 6.61 Å². The van der Waals surface area contributed by atoms with Crippen LogP contribution in [-0.4, -0.2) is 31.6 Å². The molecular weight excluding hydrogens is 250 g/mol. The number of nitrogens with zero attached hydrogens (tertiary/aromatic N) is 1. The smallest absolute Gasteiger partial charge is 0.119 e. The summed E-state index contributed by atoms with van der Waals surface area (Å²) in [5.74, 6) is 0.919. The summed E-state index contributed by atoms with van der Waals surface area (Å²) in [5.41, 5.74) is -0.0914. The lowest BCUT2D eigenvalue weighted by molar-refractivity contribution is 0.138. The van der Waals surface area contributed by atoms with Crippen molar-refractivity contribution in [3.8, 4) is 5.75 Å². The average molecular weight is 273 g/mol. The number of aliphatic imine (C=N–C) groups is 1. The van der Waals surface area contributed by atoms with Gasteiger partial charge >= 0.3 is 0 Å². The lowest BCUT2D eigenvalue weighted by Crippen LogP contribution is -2.25. The molecule has 0 spiro atoms. The number of rotatable bonds is 9. The van der Waals surface area contributed by atoms with E-state index in [1.54, 1.807) is 0 Å². The quantitative estimate of drug-likeness (QED) is 0.643. The third-order valence-corrected chi connectivity index (χ3v) is 3.47. The number of hydrogen-bond donors (Lipinski definition) is 0. The summed E-state index contributed by atoms with van der Waals surface area (Å²) in [7, 11) is 0. The highest BCUT2D eigenvalue weighted by Crippen LogP contribution is 2.27. The zero-order chi connectivity index (χ0) is 14.1. The predicted molar refractivity (Wildman–Crippen MR) is 82.6 cm³/mol. The summed E-state index contributed by atoms with van der Waals surface area (Å²) in [6, 6.07) is 9.93. The van der Waals surface area contributed by atoms with Crippen molar-refractivity contribution in [2.45, 2.75) is 31.7 Å². The fourth-order valence-corrected chi connectivity index (χ4v) is 2.36. The Hall–Kier alpha value is -1.61. The van der Waals surface area contributed by atoms with Gasteiger partial charge in [-0.2, -0.15) is 0 Å². The second-order valence-electron chi connectivity index (χ2n) is 4.95. The molecule has 1 aromatic carbocycles. The first kappa shape index (κ1) is 14.8. The highest BCUT2D eigenvalue weighted by molar-refractivity contribution is 5.75. The molecule has 108 valence electrons. The molecule has 1 aliphatic rings. The summed E-state index contributed by atoms with van der Waals surface area (Å²) in [4.78, 5) is 4.62. The highest BCUT2D eigenvalue weighted by atomic mass is 16.5. The maximum atomic E-state index is 5.78. The van der Waals surface area contributed by atoms with E-state index in [-0.39, 0.29) is 5.54 Å². The molecule has 1 aliphatic heterocycles. The maximum Gasteiger partial charge on any atom is 0.119 e. The van der Waals surface area contributed by atoms with E-state index in [2.05, 4.69) is 11.1 Å². The molecule has 3 heteroatoms. The van der Waals surface area contributed by atoms with Gasteiger partial charge in [0.2, 0.25) is 0 Å². The van der Waals surface area contributed by atoms with Gasteiger partial charge in [0.25, 0.3) is 0 Å². The summed E-state index contributed by atoms with van der Waals surface area (Å²) in [6.45, 7) is 4.29. The normalized spacial score (nSPS) is 20.4. The monoisotopic (exact) mass is 273 g/mol. The van der Waals surface area contributed by atoms with Crippen molar-refractivity contribution in [2.75, 3.05) is 19.8 Å². The van der Waals surface area contributed by atoms with Crippen LogP contribution in [0.5, 0.6) is 5.75 Å². The molecule has 0 N–H and O–H groups in total. The van der Waals surface area contributed by atoms with Gasteiger partial charge in [0, 0.05) is 25.8 Å². The highest BCUT2D eigenvalue weighted by Gasteiger charge is 2.27. The lowest BCUT2D eigenvalue weighted by atomic mass is 9.91. The van der Waals surface area contributed by atoms with Crippen molar-refractivity contribution in [1.29, 1.82) is 0 Å². The number of benzene rings is 1. The van der Waals surface area contributed by atoms with Crippen LogP contribution in [0.1, 0.15) is 26.2 Å². The van der Waals surface area contributed by atoms with E-state index in [9.17, 15) is 0 Å². The van der Waals surface area contributed by atoms with E-state index < -0.39 is 0 Å². The molecule has 0 saturated heterocycles. The van der Waals surface area contributed by atoms with Crippen LogP contribution in [0.2, 0.25) is 0 Å². The van der Waals surface area contributed by atoms with Crippen molar-refractivity contribution in [3.05, 3.63) is 42.5 Å². The summed E-state index contributed by atoms with van der Waals surface area (Å²) in [6.07, 6.45) is 9.06. The van der Waals surface area contributed by atoms with E-state index >= 15 is 0 Å². The van der Waals surface area contributed by atoms with E-state index in [1.165, 1.54) is 0 Å². The number of hydrogen-bond acceptors (Lipinski definition) is 3. The summed E-state index contributed by atoms with van der Waals surface area (Å²) < 4.78 is 11.2. The zero-order valence-corrected chi connectivity index (χ0v) is 12.1. The van der Waals surface area contributed by atoms with Gasteiger partial charge in [-0.3, -0.25) is 4.99 Å². The number of allylic oxidation sites excluding steroid dienone is 1. The van der Waals surface area contributed by atoms with E-state index in [4.69, 9.17) is 9.47 Å². The van der Waals surface area contributed by atoms with Crippen molar-refractivity contribution >= 4 is 6.21 Å². The minimum atomic E-state index is -0.0914. The molecule has 0 bridgehead atoms. The van der Waals surface area contributed by atoms with Gasteiger partial charge in [-0.05, 0) is 38.0 Å². The minimum absolute atomic E-state index is 0.0914. The minimum Gasteiger partial charge on any atom is -0.493 e. The number of ether oxygens (including phenoxy) is 2. The van der Waals surface area contributed by atoms with Gasteiger partial charge in [0.05, 0.1) is 12.1 Å². The molecule has 1 heterocycles. The first-order valence-corrected chi connectivity index (χ1v) is 7.33. The second kappa shape index (κ2) is 7.85. The second-order valence-corrected chi connectivity index (χ2v) is 4.95. The van der Waals surface area contributed by atoms with Crippen LogP contribution >= 0.6 is 0 Å². The Labute approximate surface area is 121 Å². The molecule has 1 aromatic rings. The van der Waals surface area contributed by atoms with Crippen LogP contribution in [0.3, 0.4) is 0 Å². The van der Waals surface area contributed by atoms with Crippen LogP contribution in [0, 0.1) is 0 Å². The first-order valence-electron chi connectivity index (χ1n) is 7.33. The van der Waals surface area contributed by atoms with E-state index in [0.717, 1.165) is 38.2 Å². The molecule has 1 unspecified atom stereocenters. The van der Waals surface area contributed by atoms with Crippen molar-refractivity contribution < 1.29 is 9.47 Å². The lowest BCUT2D eigenvalue weighted by Gasteiger charge is -2.24. The van der Waals surface area contributed by atoms with Crippen molar-refractivity contribution in [3.63, 3.8) is 0 Å². The van der Waals surface area contributed by atoms with Crippen LogP contribution in [0.4, 0.5) is 0 Å². The Bertz CT molecular complexity index is 428. The molecule has 2 rings (SSSR count). The number of para-hydroxylation sites is 1. The molecule has 20 heavy (non-hydrogen) atoms. The fourth-order valence-electron chi connectivity index (χ4n) is 2.36. The predicted octanol–water partition coefficient (Wildman–Crippen LogP) is 3.65. The molecule has 0 saturated carbocycles. The molecule has 0 aliphatic carbocycles. The molecular formula is C17H23NO2. The average Bonchev–Trinajstić information content (AvgIpc) is 2.94. The fraction of sp³-hybridized carbons (Fsp3) is 0.471. The third-order valence-electron chi connectivity index (χ3n) is 3.47. The topological polar surface area (TPSA) is 30.8 Å². The largest absolute Gasteiger partial charge is 0.493 e. The van der Waals surface area contributed by atoms with E-state index in [1.807, 2.05) is 49.5 Å². The molecule has 1 atom stereocenters. The molecule has 0 radical (unpaired) electrons. The summed E-state index contributed by atoms with van der Waals surface area (Å²) >= 11 is 0. The first-order chi connectivity index (χ1) is 9.85. The summed E-state index contributed by atoms with van der Waals surface area (Å²) in [5, 5.41) is 0. The van der Waals surface area contributed by atoms with Gasteiger partial charge in [0.1, 0.15) is 5.75 Å². The molecule has 0 aromatic heterocycles. The van der Waals surface area contributed by atoms with Crippen LogP contribution < -0.4 is 4.74 Å². The molecule has 3 nitrogen and oxygen atoms in total. The van der Waals surface area contributed by atoms with Crippen LogP contribution in [0.25, 0.3) is 0 Å². The Morgan fingerprint density at radius 1 is 1.10 bits per heavy atom. The third kappa shape index (κ3) is 4.49. The molecule has 0 amide bonds. The Morgan fingerprint density at radius 2 is 1.95 bits per heavy atom. The Balaban J connectivity index is 1.77. The molecule has 0 fully saturated rings. The van der Waals surface area contributed by atoms with Gasteiger partial charge in [0.15, 0.2) is 0 Å². The standard InChI is InChI=1S/C17H23NO2/c1-2-19-14-7-11-17(10-6-13-18-17)12-15-20-16-8-4-3-5-9-16/h3-6,8-10,13H,2,7,11-12,14-15H2,1H3. The van der Waals surface area contributed by atoms with Crippen molar-refractivity contribution in [1.82, 2.24) is 0 Å². The van der Waals surface area contributed by atoms with Gasteiger partial charge in [-0.25, -0.2) is 0 Å².